The Hall–Kier alpha value is -2.73. The number of halogens is 10. The van der Waals surface area contributed by atoms with Crippen LogP contribution in [-0.4, -0.2) is 60.6 Å². The zero-order chi connectivity index (χ0) is 29.3. The van der Waals surface area contributed by atoms with Gasteiger partial charge in [0, 0.05) is 12.8 Å². The molecule has 1 aromatic rings. The second-order valence-electron chi connectivity index (χ2n) is 7.36. The van der Waals surface area contributed by atoms with E-state index in [2.05, 4.69) is 16.1 Å². The van der Waals surface area contributed by atoms with Crippen LogP contribution < -0.4 is 0 Å². The quantitative estimate of drug-likeness (QED) is 0.135. The van der Waals surface area contributed by atoms with Gasteiger partial charge in [-0.05, 0) is 12.5 Å². The first-order chi connectivity index (χ1) is 16.4. The summed E-state index contributed by atoms with van der Waals surface area (Å²) >= 11 is 0. The van der Waals surface area contributed by atoms with Gasteiger partial charge < -0.3 is 9.47 Å². The van der Waals surface area contributed by atoms with E-state index in [-0.39, 0.29) is 5.56 Å². The van der Waals surface area contributed by atoms with Crippen molar-refractivity contribution in [3.63, 3.8) is 0 Å². The summed E-state index contributed by atoms with van der Waals surface area (Å²) in [6, 6.07) is 4.72. The van der Waals surface area contributed by atoms with Crippen molar-refractivity contribution >= 4 is 21.9 Å². The first kappa shape index (κ1) is 32.3. The first-order valence-corrected chi connectivity index (χ1v) is 10.8. The Morgan fingerprint density at radius 2 is 1.43 bits per heavy atom. The minimum atomic E-state index is -6.81. The summed E-state index contributed by atoms with van der Waals surface area (Å²) in [6.07, 6.45) is -16.0. The zero-order valence-corrected chi connectivity index (χ0v) is 19.0. The van der Waals surface area contributed by atoms with Crippen LogP contribution in [0.5, 0.6) is 0 Å². The highest BCUT2D eigenvalue weighted by Gasteiger charge is 2.68. The summed E-state index contributed by atoms with van der Waals surface area (Å²) in [6.45, 7) is 1.38. The maximum Gasteiger partial charge on any atom is 0.464 e. The fourth-order valence-electron chi connectivity index (χ4n) is 2.44. The molecule has 0 bridgehead atoms. The molecule has 0 fully saturated rings. The van der Waals surface area contributed by atoms with Crippen molar-refractivity contribution in [1.29, 1.82) is 0 Å². The van der Waals surface area contributed by atoms with Crippen LogP contribution in [0.2, 0.25) is 0 Å². The van der Waals surface area contributed by atoms with Gasteiger partial charge in [-0.25, -0.2) is 4.79 Å². The van der Waals surface area contributed by atoms with Crippen molar-refractivity contribution in [2.45, 2.75) is 49.1 Å². The van der Waals surface area contributed by atoms with E-state index in [0.717, 1.165) is 12.1 Å². The minimum absolute atomic E-state index is 0.248. The summed E-state index contributed by atoms with van der Waals surface area (Å²) in [5, 5.41) is -6.25. The summed E-state index contributed by atoms with van der Waals surface area (Å²) in [5.74, 6) is -16.2. The van der Waals surface area contributed by atoms with E-state index >= 15 is 0 Å². The molecule has 37 heavy (non-hydrogen) atoms. The number of Topliss-reactive ketones (excluding diaryl/α,β-unsaturated/α-hetero) is 1. The van der Waals surface area contributed by atoms with Crippen molar-refractivity contribution in [2.24, 2.45) is 0 Å². The highest BCUT2D eigenvalue weighted by atomic mass is 32.2. The largest absolute Gasteiger partial charge is 0.464 e. The molecule has 0 saturated carbocycles. The van der Waals surface area contributed by atoms with Gasteiger partial charge in [-0.15, -0.1) is 0 Å². The van der Waals surface area contributed by atoms with Crippen LogP contribution in [0.1, 0.15) is 17.5 Å². The molecular formula is C19H16F10O7S. The molecule has 0 radical (unpaired) electrons. The monoisotopic (exact) mass is 578 g/mol. The molecule has 1 rings (SSSR count). The number of benzene rings is 1. The van der Waals surface area contributed by atoms with Gasteiger partial charge in [-0.1, -0.05) is 36.4 Å². The zero-order valence-electron chi connectivity index (χ0n) is 18.2. The van der Waals surface area contributed by atoms with Crippen LogP contribution in [0.3, 0.4) is 0 Å². The Kier molecular flexibility index (Phi) is 9.22. The fraction of sp³-hybridized carbons (Fsp3) is 0.474. The number of ketones is 1. The summed E-state index contributed by atoms with van der Waals surface area (Å²) in [5.41, 5.74) is -2.28. The first-order valence-electron chi connectivity index (χ1n) is 9.40. The maximum absolute atomic E-state index is 14.0. The van der Waals surface area contributed by atoms with Gasteiger partial charge in [0.1, 0.15) is 5.57 Å². The van der Waals surface area contributed by atoms with Gasteiger partial charge in [0.05, 0.1) is 6.61 Å². The number of carbonyl (C=O) groups is 2. The third-order valence-corrected chi connectivity index (χ3v) is 5.47. The van der Waals surface area contributed by atoms with Crippen LogP contribution in [0.15, 0.2) is 36.4 Å². The van der Waals surface area contributed by atoms with E-state index in [0.29, 0.717) is 5.56 Å². The van der Waals surface area contributed by atoms with Crippen LogP contribution in [0, 0.1) is 6.92 Å². The lowest BCUT2D eigenvalue weighted by atomic mass is 10.0. The van der Waals surface area contributed by atoms with E-state index in [9.17, 15) is 61.9 Å². The molecular weight excluding hydrogens is 562 g/mol. The van der Waals surface area contributed by atoms with E-state index in [1.54, 1.807) is 0 Å². The van der Waals surface area contributed by atoms with E-state index in [1.807, 2.05) is 0 Å². The molecule has 0 spiro atoms. The lowest BCUT2D eigenvalue weighted by Gasteiger charge is -2.34. The smallest absolute Gasteiger partial charge is 0.413 e. The van der Waals surface area contributed by atoms with Gasteiger partial charge in [-0.3, -0.25) is 9.35 Å². The van der Waals surface area contributed by atoms with Crippen molar-refractivity contribution in [3.05, 3.63) is 47.5 Å². The molecule has 1 aromatic carbocycles. The molecule has 18 heteroatoms. The van der Waals surface area contributed by atoms with Crippen LogP contribution in [0.25, 0.3) is 0 Å². The van der Waals surface area contributed by atoms with Crippen molar-refractivity contribution < 1.29 is 75.9 Å². The highest BCUT2D eigenvalue weighted by molar-refractivity contribution is 7.87. The Bertz CT molecular complexity index is 1130. The third-order valence-electron chi connectivity index (χ3n) is 4.52. The molecule has 1 atom stereocenters. The molecule has 1 unspecified atom stereocenters. The molecule has 1 N–H and O–H groups in total. The number of carbonyl (C=O) groups excluding carboxylic acids is 2. The topological polar surface area (TPSA) is 107 Å². The summed E-state index contributed by atoms with van der Waals surface area (Å²) in [4.78, 5) is 24.3. The van der Waals surface area contributed by atoms with Crippen LogP contribution in [-0.2, 0) is 35.6 Å². The van der Waals surface area contributed by atoms with Crippen molar-refractivity contribution in [1.82, 2.24) is 0 Å². The van der Waals surface area contributed by atoms with Crippen molar-refractivity contribution in [2.75, 3.05) is 6.61 Å². The predicted octanol–water partition coefficient (Wildman–Crippen LogP) is 4.55. The molecule has 0 saturated heterocycles. The van der Waals surface area contributed by atoms with E-state index in [1.165, 1.54) is 19.1 Å². The van der Waals surface area contributed by atoms with E-state index < -0.39 is 76.2 Å². The summed E-state index contributed by atoms with van der Waals surface area (Å²) < 4.78 is 171. The number of hydrogen-bond donors (Lipinski definition) is 1. The lowest BCUT2D eigenvalue weighted by Crippen LogP contribution is -2.59. The standard InChI is InChI=1S/C19H16F10O7S/c1-10-3-5-12(6-4-10)9-13(30)16(18(25,26)27,36-14(31)11(2)17(22,23)24)35-8-7-15(20,21)19(28,29)37(32,33)34/h3-6H,2,7-9H2,1H3,(H,32,33,34). The van der Waals surface area contributed by atoms with Gasteiger partial charge in [0.15, 0.2) is 0 Å². The Morgan fingerprint density at radius 1 is 0.946 bits per heavy atom. The normalized spacial score (nSPS) is 15.1. The second-order valence-corrected chi connectivity index (χ2v) is 8.82. The third kappa shape index (κ3) is 7.19. The van der Waals surface area contributed by atoms with Crippen molar-refractivity contribution in [3.8, 4) is 0 Å². The van der Waals surface area contributed by atoms with Gasteiger partial charge in [0.25, 0.3) is 0 Å². The number of rotatable bonds is 11. The second kappa shape index (κ2) is 10.6. The van der Waals surface area contributed by atoms with Gasteiger partial charge in [-0.2, -0.15) is 52.3 Å². The van der Waals surface area contributed by atoms with Crippen LogP contribution >= 0.6 is 0 Å². The molecule has 0 aromatic heterocycles. The highest BCUT2D eigenvalue weighted by Crippen LogP contribution is 2.43. The average Bonchev–Trinajstić information content (AvgIpc) is 2.71. The van der Waals surface area contributed by atoms with Crippen LogP contribution in [0.4, 0.5) is 43.9 Å². The Balaban J connectivity index is 3.48. The SMILES string of the molecule is C=C(C(=O)OC(OCCC(F)(F)C(F)(F)S(=O)(=O)O)(C(=O)Cc1ccc(C)cc1)C(F)(F)F)C(F)(F)F. The summed E-state index contributed by atoms with van der Waals surface area (Å²) in [7, 11) is -6.81. The molecule has 0 aliphatic rings. The Labute approximate surface area is 201 Å². The Morgan fingerprint density at radius 3 is 1.84 bits per heavy atom. The molecule has 0 aliphatic carbocycles. The fourth-order valence-corrected chi connectivity index (χ4v) is 2.92. The number of aryl methyl sites for hydroxylation is 1. The number of esters is 1. The lowest BCUT2D eigenvalue weighted by molar-refractivity contribution is -0.349. The van der Waals surface area contributed by atoms with E-state index in [4.69, 9.17) is 4.55 Å². The maximum atomic E-state index is 14.0. The number of hydrogen-bond acceptors (Lipinski definition) is 6. The van der Waals surface area contributed by atoms with Gasteiger partial charge >= 0.3 is 45.4 Å². The minimum Gasteiger partial charge on any atom is -0.413 e. The predicted molar refractivity (Wildman–Crippen MR) is 102 cm³/mol. The average molecular weight is 578 g/mol. The molecule has 7 nitrogen and oxygen atoms in total. The molecule has 0 amide bonds. The number of alkyl halides is 10. The molecule has 0 heterocycles. The molecule has 0 aliphatic heterocycles. The molecule has 210 valence electrons. The number of ether oxygens (including phenoxy) is 2. The van der Waals surface area contributed by atoms with Gasteiger partial charge in [0.2, 0.25) is 5.78 Å².